The summed E-state index contributed by atoms with van der Waals surface area (Å²) in [4.78, 5) is 23.3. The number of ether oxygens (including phenoxy) is 2. The van der Waals surface area contributed by atoms with Crippen molar-refractivity contribution in [1.29, 1.82) is 0 Å². The number of carbonyl (C=O) groups excluding carboxylic acids is 2. The smallest absolute Gasteiger partial charge is 0.407 e. The average Bonchev–Trinajstić information content (AvgIpc) is 2.21. The molecule has 0 saturated heterocycles. The third-order valence-corrected chi connectivity index (χ3v) is 2.13. The summed E-state index contributed by atoms with van der Waals surface area (Å²) < 4.78 is 10.3. The van der Waals surface area contributed by atoms with Crippen LogP contribution in [0.3, 0.4) is 0 Å². The Morgan fingerprint density at radius 2 is 1.48 bits per heavy atom. The summed E-state index contributed by atoms with van der Waals surface area (Å²) in [6, 6.07) is -0.308. The molecule has 7 heteroatoms. The Morgan fingerprint density at radius 3 is 1.90 bits per heavy atom. The lowest BCUT2D eigenvalue weighted by atomic mass is 10.2. The van der Waals surface area contributed by atoms with E-state index in [1.165, 1.54) is 0 Å². The van der Waals surface area contributed by atoms with E-state index >= 15 is 0 Å². The number of nitrogens with one attached hydrogen (secondary N) is 2. The largest absolute Gasteiger partial charge is 0.444 e. The first-order valence-electron chi connectivity index (χ1n) is 7.09. The van der Waals surface area contributed by atoms with Crippen LogP contribution in [0.25, 0.3) is 0 Å². The fraction of sp³-hybridized carbons (Fsp3) is 0.857. The molecule has 0 fully saturated rings. The van der Waals surface area contributed by atoms with Crippen molar-refractivity contribution in [3.8, 4) is 0 Å². The van der Waals surface area contributed by atoms with Crippen molar-refractivity contribution in [1.82, 2.24) is 10.6 Å². The van der Waals surface area contributed by atoms with Crippen LogP contribution >= 0.6 is 0 Å². The minimum atomic E-state index is -0.573. The van der Waals surface area contributed by atoms with E-state index in [0.717, 1.165) is 0 Å². The molecule has 0 aromatic heterocycles. The highest BCUT2D eigenvalue weighted by molar-refractivity contribution is 5.69. The van der Waals surface area contributed by atoms with Crippen LogP contribution in [0.5, 0.6) is 0 Å². The Hall–Kier alpha value is -1.50. The molecule has 0 aliphatic rings. The number of rotatable bonds is 5. The van der Waals surface area contributed by atoms with Gasteiger partial charge in [0.05, 0.1) is 6.04 Å². The fourth-order valence-corrected chi connectivity index (χ4v) is 1.42. The van der Waals surface area contributed by atoms with E-state index in [1.54, 1.807) is 41.5 Å². The summed E-state index contributed by atoms with van der Waals surface area (Å²) in [5.74, 6) is 0. The Bertz CT molecular complexity index is 345. The van der Waals surface area contributed by atoms with Gasteiger partial charge in [-0.2, -0.15) is 0 Å². The van der Waals surface area contributed by atoms with Gasteiger partial charge in [-0.1, -0.05) is 0 Å². The summed E-state index contributed by atoms with van der Waals surface area (Å²) in [5, 5.41) is 5.29. The Balaban J connectivity index is 4.31. The zero-order valence-corrected chi connectivity index (χ0v) is 13.9. The second-order valence-corrected chi connectivity index (χ2v) is 6.80. The van der Waals surface area contributed by atoms with Gasteiger partial charge in [0.15, 0.2) is 0 Å². The van der Waals surface area contributed by atoms with Gasteiger partial charge in [0.25, 0.3) is 0 Å². The summed E-state index contributed by atoms with van der Waals surface area (Å²) in [6.07, 6.45) is -0.544. The van der Waals surface area contributed by atoms with Crippen LogP contribution in [0.1, 0.15) is 48.0 Å². The molecule has 124 valence electrons. The van der Waals surface area contributed by atoms with Gasteiger partial charge in [-0.3, -0.25) is 0 Å². The zero-order valence-electron chi connectivity index (χ0n) is 13.9. The van der Waals surface area contributed by atoms with Crippen molar-refractivity contribution in [3.05, 3.63) is 0 Å². The molecule has 0 spiro atoms. The molecule has 0 rings (SSSR count). The van der Waals surface area contributed by atoms with Crippen molar-refractivity contribution in [2.24, 2.45) is 5.73 Å². The van der Waals surface area contributed by atoms with E-state index in [2.05, 4.69) is 10.6 Å². The molecule has 0 saturated carbocycles. The Kier molecular flexibility index (Phi) is 7.49. The molecular formula is C14H29N3O4. The minimum Gasteiger partial charge on any atom is -0.444 e. The number of carbonyl (C=O) groups is 2. The van der Waals surface area contributed by atoms with E-state index in [4.69, 9.17) is 15.2 Å². The Morgan fingerprint density at radius 1 is 1.00 bits per heavy atom. The molecule has 2 amide bonds. The van der Waals surface area contributed by atoms with Crippen LogP contribution in [0.2, 0.25) is 0 Å². The van der Waals surface area contributed by atoms with Crippen LogP contribution < -0.4 is 16.4 Å². The van der Waals surface area contributed by atoms with Gasteiger partial charge in [-0.15, -0.1) is 0 Å². The second-order valence-electron chi connectivity index (χ2n) is 6.80. The van der Waals surface area contributed by atoms with E-state index in [1.807, 2.05) is 0 Å². The number of nitrogens with two attached hydrogens (primary N) is 1. The summed E-state index contributed by atoms with van der Waals surface area (Å²) in [5.41, 5.74) is 4.37. The maximum absolute atomic E-state index is 11.7. The highest BCUT2D eigenvalue weighted by Crippen LogP contribution is 2.08. The molecule has 0 aliphatic heterocycles. The Labute approximate surface area is 126 Å². The van der Waals surface area contributed by atoms with Gasteiger partial charge in [0.2, 0.25) is 0 Å². The SMILES string of the molecule is CC(C)(C)OC(=O)NC[C@H](CCN)NC(=O)OC(C)(C)C. The monoisotopic (exact) mass is 303 g/mol. The topological polar surface area (TPSA) is 103 Å². The number of alkyl carbamates (subject to hydrolysis) is 2. The van der Waals surface area contributed by atoms with Gasteiger partial charge >= 0.3 is 12.2 Å². The van der Waals surface area contributed by atoms with Crippen LogP contribution in [0, 0.1) is 0 Å². The zero-order chi connectivity index (χ0) is 16.7. The van der Waals surface area contributed by atoms with Gasteiger partial charge in [-0.05, 0) is 54.5 Å². The highest BCUT2D eigenvalue weighted by Gasteiger charge is 2.21. The molecule has 0 aromatic rings. The van der Waals surface area contributed by atoms with Gasteiger partial charge in [0.1, 0.15) is 11.2 Å². The van der Waals surface area contributed by atoms with Crippen molar-refractivity contribution >= 4 is 12.2 Å². The van der Waals surface area contributed by atoms with Crippen LogP contribution in [0.4, 0.5) is 9.59 Å². The average molecular weight is 303 g/mol. The van der Waals surface area contributed by atoms with Crippen LogP contribution in [-0.2, 0) is 9.47 Å². The maximum Gasteiger partial charge on any atom is 0.407 e. The first-order valence-corrected chi connectivity index (χ1v) is 7.09. The third-order valence-electron chi connectivity index (χ3n) is 2.13. The van der Waals surface area contributed by atoms with Crippen LogP contribution in [-0.4, -0.2) is 42.5 Å². The quantitative estimate of drug-likeness (QED) is 0.718. The first-order chi connectivity index (χ1) is 9.43. The van der Waals surface area contributed by atoms with E-state index < -0.39 is 23.4 Å². The molecule has 0 radical (unpaired) electrons. The van der Waals surface area contributed by atoms with Crippen molar-refractivity contribution < 1.29 is 19.1 Å². The number of hydrogen-bond acceptors (Lipinski definition) is 5. The van der Waals surface area contributed by atoms with Crippen LogP contribution in [0.15, 0.2) is 0 Å². The van der Waals surface area contributed by atoms with E-state index in [-0.39, 0.29) is 12.6 Å². The molecule has 1 atom stereocenters. The normalized spacial score (nSPS) is 13.3. The highest BCUT2D eigenvalue weighted by atomic mass is 16.6. The molecule has 0 aliphatic carbocycles. The minimum absolute atomic E-state index is 0.228. The second kappa shape index (κ2) is 8.07. The first kappa shape index (κ1) is 19.5. The summed E-state index contributed by atoms with van der Waals surface area (Å²) in [7, 11) is 0. The molecule has 7 nitrogen and oxygen atoms in total. The van der Waals surface area contributed by atoms with Gasteiger partial charge in [0, 0.05) is 6.54 Å². The molecule has 0 unspecified atom stereocenters. The molecule has 4 N–H and O–H groups in total. The molecule has 0 aromatic carbocycles. The third kappa shape index (κ3) is 12.0. The van der Waals surface area contributed by atoms with E-state index in [0.29, 0.717) is 13.0 Å². The van der Waals surface area contributed by atoms with Gasteiger partial charge < -0.3 is 25.8 Å². The predicted molar refractivity (Wildman–Crippen MR) is 81.1 cm³/mol. The van der Waals surface area contributed by atoms with E-state index in [9.17, 15) is 9.59 Å². The van der Waals surface area contributed by atoms with Gasteiger partial charge in [-0.25, -0.2) is 9.59 Å². The number of amides is 2. The maximum atomic E-state index is 11.7. The molecule has 21 heavy (non-hydrogen) atoms. The summed E-state index contributed by atoms with van der Waals surface area (Å²) in [6.45, 7) is 11.3. The summed E-state index contributed by atoms with van der Waals surface area (Å²) >= 11 is 0. The molecule has 0 bridgehead atoms. The predicted octanol–water partition coefficient (Wildman–Crippen LogP) is 1.75. The molecule has 0 heterocycles. The van der Waals surface area contributed by atoms with Crippen molar-refractivity contribution in [3.63, 3.8) is 0 Å². The van der Waals surface area contributed by atoms with Crippen molar-refractivity contribution in [2.45, 2.75) is 65.2 Å². The lowest BCUT2D eigenvalue weighted by Crippen LogP contribution is -2.47. The number of hydrogen-bond donors (Lipinski definition) is 3. The lowest BCUT2D eigenvalue weighted by molar-refractivity contribution is 0.0461. The standard InChI is InChI=1S/C14H29N3O4/c1-13(2,3)20-11(18)16-9-10(7-8-15)17-12(19)21-14(4,5)6/h10H,7-9,15H2,1-6H3,(H,16,18)(H,17,19)/t10-/m0/s1. The molecular weight excluding hydrogens is 274 g/mol. The van der Waals surface area contributed by atoms with Crippen molar-refractivity contribution in [2.75, 3.05) is 13.1 Å². The lowest BCUT2D eigenvalue weighted by Gasteiger charge is -2.24. The fourth-order valence-electron chi connectivity index (χ4n) is 1.42.